The van der Waals surface area contributed by atoms with Gasteiger partial charge in [0.25, 0.3) is 0 Å². The fourth-order valence-corrected chi connectivity index (χ4v) is 2.08. The van der Waals surface area contributed by atoms with Crippen LogP contribution in [0.1, 0.15) is 19.8 Å². The molecule has 0 saturated carbocycles. The number of nitrogens with one attached hydrogen (secondary N) is 2. The Bertz CT molecular complexity index is 414. The van der Waals surface area contributed by atoms with E-state index in [1.807, 2.05) is 6.07 Å². The Morgan fingerprint density at radius 2 is 1.91 bits per heavy atom. The minimum atomic E-state index is 0. The second-order valence-electron chi connectivity index (χ2n) is 5.14. The number of para-hydroxylation sites is 1. The molecule has 0 aliphatic carbocycles. The molecule has 6 heteroatoms. The standard InChI is InChI=1S/C17H30N4O.HI/c1-4-18-17(20-13-15-22-3)19-12-8-9-14-21(2)16-10-6-5-7-11-16;/h5-7,10-11H,4,8-9,12-15H2,1-3H3,(H2,18,19,20);1H. The lowest BCUT2D eigenvalue weighted by molar-refractivity contribution is 0.203. The van der Waals surface area contributed by atoms with Crippen molar-refractivity contribution in [2.75, 3.05) is 51.8 Å². The summed E-state index contributed by atoms with van der Waals surface area (Å²) in [6.45, 7) is 6.29. The van der Waals surface area contributed by atoms with Gasteiger partial charge in [0.2, 0.25) is 0 Å². The predicted octanol–water partition coefficient (Wildman–Crippen LogP) is 2.72. The average molecular weight is 434 g/mol. The molecule has 0 aliphatic heterocycles. The van der Waals surface area contributed by atoms with Gasteiger partial charge in [0, 0.05) is 46.0 Å². The molecule has 0 radical (unpaired) electrons. The Morgan fingerprint density at radius 1 is 1.17 bits per heavy atom. The molecule has 0 unspecified atom stereocenters. The predicted molar refractivity (Wildman–Crippen MR) is 110 cm³/mol. The fourth-order valence-electron chi connectivity index (χ4n) is 2.08. The number of nitrogens with zero attached hydrogens (tertiary/aromatic N) is 2. The van der Waals surface area contributed by atoms with E-state index in [-0.39, 0.29) is 24.0 Å². The van der Waals surface area contributed by atoms with Gasteiger partial charge >= 0.3 is 0 Å². The van der Waals surface area contributed by atoms with Gasteiger partial charge in [-0.1, -0.05) is 18.2 Å². The topological polar surface area (TPSA) is 48.9 Å². The number of halogens is 1. The highest BCUT2D eigenvalue weighted by Crippen LogP contribution is 2.11. The van der Waals surface area contributed by atoms with E-state index in [0.29, 0.717) is 6.61 Å². The van der Waals surface area contributed by atoms with Gasteiger partial charge < -0.3 is 20.3 Å². The second-order valence-corrected chi connectivity index (χ2v) is 5.14. The monoisotopic (exact) mass is 434 g/mol. The summed E-state index contributed by atoms with van der Waals surface area (Å²) in [5, 5.41) is 6.49. The van der Waals surface area contributed by atoms with Crippen molar-refractivity contribution in [1.82, 2.24) is 10.6 Å². The number of methoxy groups -OCH3 is 1. The molecular weight excluding hydrogens is 403 g/mol. The summed E-state index contributed by atoms with van der Waals surface area (Å²) in [4.78, 5) is 6.86. The molecule has 2 N–H and O–H groups in total. The van der Waals surface area contributed by atoms with E-state index >= 15 is 0 Å². The molecule has 0 amide bonds. The normalized spacial score (nSPS) is 10.8. The number of benzene rings is 1. The largest absolute Gasteiger partial charge is 0.383 e. The average Bonchev–Trinajstić information content (AvgIpc) is 2.55. The molecule has 0 heterocycles. The molecule has 0 aromatic heterocycles. The van der Waals surface area contributed by atoms with Gasteiger partial charge in [0.15, 0.2) is 5.96 Å². The number of hydrogen-bond donors (Lipinski definition) is 2. The molecule has 1 aromatic rings. The smallest absolute Gasteiger partial charge is 0.191 e. The Kier molecular flexibility index (Phi) is 13.9. The maximum Gasteiger partial charge on any atom is 0.191 e. The van der Waals surface area contributed by atoms with Crippen LogP contribution in [0.25, 0.3) is 0 Å². The minimum absolute atomic E-state index is 0. The van der Waals surface area contributed by atoms with Gasteiger partial charge in [-0.05, 0) is 31.9 Å². The van der Waals surface area contributed by atoms with Crippen LogP contribution in [0.15, 0.2) is 35.3 Å². The van der Waals surface area contributed by atoms with E-state index in [1.165, 1.54) is 5.69 Å². The summed E-state index contributed by atoms with van der Waals surface area (Å²) in [6, 6.07) is 10.5. The Balaban J connectivity index is 0.00000484. The molecule has 0 saturated heterocycles. The maximum atomic E-state index is 5.03. The van der Waals surface area contributed by atoms with E-state index in [2.05, 4.69) is 58.8 Å². The SMILES string of the molecule is CCNC(=NCCCCN(C)c1ccccc1)NCCOC.I. The number of anilines is 1. The molecule has 0 spiro atoms. The van der Waals surface area contributed by atoms with Crippen molar-refractivity contribution < 1.29 is 4.74 Å². The molecule has 5 nitrogen and oxygen atoms in total. The molecule has 0 atom stereocenters. The number of ether oxygens (including phenoxy) is 1. The van der Waals surface area contributed by atoms with Crippen LogP contribution in [-0.2, 0) is 4.74 Å². The number of rotatable bonds is 10. The summed E-state index contributed by atoms with van der Waals surface area (Å²) in [5.41, 5.74) is 1.26. The zero-order chi connectivity index (χ0) is 16.0. The van der Waals surface area contributed by atoms with Crippen molar-refractivity contribution in [3.05, 3.63) is 30.3 Å². The van der Waals surface area contributed by atoms with Crippen molar-refractivity contribution in [2.45, 2.75) is 19.8 Å². The fraction of sp³-hybridized carbons (Fsp3) is 0.588. The van der Waals surface area contributed by atoms with Gasteiger partial charge in [0.05, 0.1) is 6.61 Å². The van der Waals surface area contributed by atoms with Gasteiger partial charge in [-0.15, -0.1) is 24.0 Å². The molecule has 1 rings (SSSR count). The minimum Gasteiger partial charge on any atom is -0.383 e. The van der Waals surface area contributed by atoms with Crippen LogP contribution < -0.4 is 15.5 Å². The van der Waals surface area contributed by atoms with Crippen molar-refractivity contribution in [3.8, 4) is 0 Å². The number of unbranched alkanes of at least 4 members (excludes halogenated alkanes) is 1. The summed E-state index contributed by atoms with van der Waals surface area (Å²) in [5.74, 6) is 0.871. The van der Waals surface area contributed by atoms with Crippen LogP contribution >= 0.6 is 24.0 Å². The van der Waals surface area contributed by atoms with E-state index < -0.39 is 0 Å². The highest BCUT2D eigenvalue weighted by atomic mass is 127. The van der Waals surface area contributed by atoms with Crippen LogP contribution in [0.3, 0.4) is 0 Å². The van der Waals surface area contributed by atoms with E-state index in [9.17, 15) is 0 Å². The lowest BCUT2D eigenvalue weighted by Gasteiger charge is -2.18. The van der Waals surface area contributed by atoms with Gasteiger partial charge in [-0.2, -0.15) is 0 Å². The number of hydrogen-bond acceptors (Lipinski definition) is 3. The highest BCUT2D eigenvalue weighted by molar-refractivity contribution is 14.0. The number of aliphatic imine (C=N–C) groups is 1. The van der Waals surface area contributed by atoms with E-state index in [1.54, 1.807) is 7.11 Å². The molecule has 0 aliphatic rings. The molecular formula is C17H31IN4O. The van der Waals surface area contributed by atoms with Gasteiger partial charge in [-0.3, -0.25) is 4.99 Å². The zero-order valence-electron chi connectivity index (χ0n) is 14.5. The van der Waals surface area contributed by atoms with Gasteiger partial charge in [0.1, 0.15) is 0 Å². The Morgan fingerprint density at radius 3 is 2.57 bits per heavy atom. The first kappa shape index (κ1) is 22.0. The van der Waals surface area contributed by atoms with Crippen molar-refractivity contribution >= 4 is 35.6 Å². The third-order valence-corrected chi connectivity index (χ3v) is 3.31. The lowest BCUT2D eigenvalue weighted by Crippen LogP contribution is -2.39. The van der Waals surface area contributed by atoms with E-state index in [0.717, 1.165) is 45.0 Å². The van der Waals surface area contributed by atoms with Crippen LogP contribution in [0.2, 0.25) is 0 Å². The van der Waals surface area contributed by atoms with Crippen LogP contribution in [0.4, 0.5) is 5.69 Å². The Labute approximate surface area is 157 Å². The summed E-state index contributed by atoms with van der Waals surface area (Å²) >= 11 is 0. The summed E-state index contributed by atoms with van der Waals surface area (Å²) < 4.78 is 5.03. The highest BCUT2D eigenvalue weighted by Gasteiger charge is 1.99. The first-order valence-corrected chi connectivity index (χ1v) is 8.05. The first-order chi connectivity index (χ1) is 10.8. The molecule has 1 aromatic carbocycles. The second kappa shape index (κ2) is 14.6. The maximum absolute atomic E-state index is 5.03. The van der Waals surface area contributed by atoms with Crippen molar-refractivity contribution in [1.29, 1.82) is 0 Å². The van der Waals surface area contributed by atoms with Crippen LogP contribution in [0.5, 0.6) is 0 Å². The molecule has 132 valence electrons. The van der Waals surface area contributed by atoms with Crippen LogP contribution in [0, 0.1) is 0 Å². The lowest BCUT2D eigenvalue weighted by atomic mass is 10.2. The molecule has 0 bridgehead atoms. The molecule has 23 heavy (non-hydrogen) atoms. The molecule has 0 fully saturated rings. The Hall–Kier alpha value is -1.02. The summed E-state index contributed by atoms with van der Waals surface area (Å²) in [7, 11) is 3.84. The quantitative estimate of drug-likeness (QED) is 0.257. The van der Waals surface area contributed by atoms with E-state index in [4.69, 9.17) is 4.74 Å². The zero-order valence-corrected chi connectivity index (χ0v) is 16.9. The third kappa shape index (κ3) is 10.4. The number of guanidine groups is 1. The van der Waals surface area contributed by atoms with Crippen LogP contribution in [-0.4, -0.2) is 52.9 Å². The van der Waals surface area contributed by atoms with Crippen molar-refractivity contribution in [2.24, 2.45) is 4.99 Å². The third-order valence-electron chi connectivity index (χ3n) is 3.31. The first-order valence-electron chi connectivity index (χ1n) is 8.05. The van der Waals surface area contributed by atoms with Crippen molar-refractivity contribution in [3.63, 3.8) is 0 Å². The van der Waals surface area contributed by atoms with Gasteiger partial charge in [-0.25, -0.2) is 0 Å². The summed E-state index contributed by atoms with van der Waals surface area (Å²) in [6.07, 6.45) is 2.21.